The molecule has 0 fully saturated rings. The minimum Gasteiger partial charge on any atom is -0.258 e. The summed E-state index contributed by atoms with van der Waals surface area (Å²) in [5, 5.41) is 10.3. The Morgan fingerprint density at radius 1 is 1.38 bits per heavy atom. The van der Waals surface area contributed by atoms with Crippen molar-refractivity contribution < 1.29 is 17.2 Å². The number of nitro groups is 1. The number of nitrogens with zero attached hydrogens (tertiary/aromatic N) is 1. The van der Waals surface area contributed by atoms with Gasteiger partial charge < -0.3 is 0 Å². The van der Waals surface area contributed by atoms with Gasteiger partial charge in [0.2, 0.25) is 0 Å². The summed E-state index contributed by atoms with van der Waals surface area (Å²) in [4.78, 5) is 9.73. The van der Waals surface area contributed by atoms with Gasteiger partial charge in [0.25, 0.3) is 5.69 Å². The third kappa shape index (κ3) is 3.42. The molecule has 0 radical (unpaired) electrons. The van der Waals surface area contributed by atoms with Crippen LogP contribution in [0.5, 0.6) is 0 Å². The Morgan fingerprint density at radius 2 is 1.88 bits per heavy atom. The molecule has 0 bridgehead atoms. The van der Waals surface area contributed by atoms with Gasteiger partial charge in [-0.05, 0) is 5.56 Å². The first-order valence-corrected chi connectivity index (χ1v) is 6.00. The minimum absolute atomic E-state index is 0.127. The quantitative estimate of drug-likeness (QED) is 0.362. The van der Waals surface area contributed by atoms with Crippen LogP contribution in [0, 0.1) is 10.1 Å². The summed E-state index contributed by atoms with van der Waals surface area (Å²) in [6.45, 7) is 0. The molecule has 88 valence electrons. The fourth-order valence-corrected chi connectivity index (χ4v) is 1.61. The van der Waals surface area contributed by atoms with Gasteiger partial charge >= 0.3 is 10.2 Å². The summed E-state index contributed by atoms with van der Waals surface area (Å²) < 4.78 is 31.5. The molecule has 0 N–H and O–H groups in total. The molecule has 0 saturated carbocycles. The Bertz CT molecular complexity index is 487. The van der Waals surface area contributed by atoms with E-state index in [2.05, 4.69) is 0 Å². The molecule has 0 saturated heterocycles. The van der Waals surface area contributed by atoms with E-state index in [0.717, 1.165) is 0 Å². The lowest BCUT2D eigenvalue weighted by Crippen LogP contribution is -2.12. The third-order valence-corrected chi connectivity index (χ3v) is 3.42. The van der Waals surface area contributed by atoms with Gasteiger partial charge in [0.05, 0.1) is 4.92 Å². The summed E-state index contributed by atoms with van der Waals surface area (Å²) in [5.74, 6) is 0. The number of nitro benzene ring substituents is 1. The fourth-order valence-electron chi connectivity index (χ4n) is 1.04. The van der Waals surface area contributed by atoms with Crippen LogP contribution >= 0.6 is 11.6 Å². The maximum absolute atomic E-state index is 12.4. The first kappa shape index (κ1) is 12.9. The number of hydrogen-bond donors (Lipinski definition) is 0. The van der Waals surface area contributed by atoms with Gasteiger partial charge in [-0.25, -0.2) is 0 Å². The zero-order valence-corrected chi connectivity index (χ0v) is 9.41. The van der Waals surface area contributed by atoms with E-state index in [4.69, 9.17) is 11.6 Å². The van der Waals surface area contributed by atoms with Crippen molar-refractivity contribution >= 4 is 27.5 Å². The number of hydrogen-bond acceptors (Lipinski definition) is 4. The molecule has 16 heavy (non-hydrogen) atoms. The van der Waals surface area contributed by atoms with Crippen LogP contribution in [0.1, 0.15) is 5.56 Å². The number of rotatable bonds is 4. The van der Waals surface area contributed by atoms with Crippen LogP contribution in [-0.4, -0.2) is 18.1 Å². The van der Waals surface area contributed by atoms with Crippen LogP contribution in [0.2, 0.25) is 0 Å². The molecule has 0 spiro atoms. The zero-order chi connectivity index (χ0) is 12.3. The highest BCUT2D eigenvalue weighted by Gasteiger charge is 2.22. The summed E-state index contributed by atoms with van der Waals surface area (Å²) in [5.41, 5.74) is 0.282. The minimum atomic E-state index is -4.80. The Morgan fingerprint density at radius 3 is 2.25 bits per heavy atom. The van der Waals surface area contributed by atoms with E-state index in [-0.39, 0.29) is 12.1 Å². The lowest BCUT2D eigenvalue weighted by Gasteiger charge is -2.04. The molecular formula is C8H7ClFNO4S. The smallest absolute Gasteiger partial charge is 0.258 e. The molecular weight excluding hydrogens is 261 g/mol. The van der Waals surface area contributed by atoms with Crippen molar-refractivity contribution in [3.8, 4) is 0 Å². The number of alkyl halides is 1. The van der Waals surface area contributed by atoms with E-state index >= 15 is 0 Å². The Labute approximate surface area is 96.2 Å². The predicted octanol–water partition coefficient (Wildman–Crippen LogP) is 2.00. The summed E-state index contributed by atoms with van der Waals surface area (Å²) >= 11 is 5.30. The lowest BCUT2D eigenvalue weighted by molar-refractivity contribution is -0.384. The predicted molar refractivity (Wildman–Crippen MR) is 56.5 cm³/mol. The van der Waals surface area contributed by atoms with Crippen LogP contribution in [0.3, 0.4) is 0 Å². The summed E-state index contributed by atoms with van der Waals surface area (Å²) in [7, 11) is -4.80. The van der Waals surface area contributed by atoms with Crippen LogP contribution in [0.4, 0.5) is 9.57 Å². The molecule has 0 amide bonds. The third-order valence-electron chi connectivity index (χ3n) is 1.85. The van der Waals surface area contributed by atoms with Crippen LogP contribution in [0.25, 0.3) is 0 Å². The Balaban J connectivity index is 2.81. The molecule has 0 aliphatic carbocycles. The highest BCUT2D eigenvalue weighted by molar-refractivity contribution is 7.88. The van der Waals surface area contributed by atoms with Crippen molar-refractivity contribution in [2.75, 3.05) is 0 Å². The van der Waals surface area contributed by atoms with Gasteiger partial charge in [0, 0.05) is 18.6 Å². The monoisotopic (exact) mass is 267 g/mol. The molecule has 8 heteroatoms. The molecule has 0 aromatic heterocycles. The second kappa shape index (κ2) is 4.75. The maximum Gasteiger partial charge on any atom is 0.319 e. The second-order valence-electron chi connectivity index (χ2n) is 3.01. The average molecular weight is 268 g/mol. The zero-order valence-electron chi connectivity index (χ0n) is 7.84. The van der Waals surface area contributed by atoms with E-state index in [1.165, 1.54) is 24.3 Å². The van der Waals surface area contributed by atoms with E-state index in [0.29, 0.717) is 5.56 Å². The maximum atomic E-state index is 12.4. The van der Waals surface area contributed by atoms with Gasteiger partial charge in [-0.15, -0.1) is 15.5 Å². The van der Waals surface area contributed by atoms with Crippen LogP contribution < -0.4 is 0 Å². The van der Waals surface area contributed by atoms with Crippen molar-refractivity contribution in [1.29, 1.82) is 0 Å². The molecule has 1 aromatic carbocycles. The van der Waals surface area contributed by atoms with Crippen molar-refractivity contribution in [2.45, 2.75) is 11.1 Å². The molecule has 1 atom stereocenters. The van der Waals surface area contributed by atoms with Gasteiger partial charge in [-0.2, -0.15) is 8.42 Å². The van der Waals surface area contributed by atoms with Gasteiger partial charge in [-0.3, -0.25) is 10.1 Å². The van der Waals surface area contributed by atoms with Crippen molar-refractivity contribution in [2.24, 2.45) is 0 Å². The first-order valence-electron chi connectivity index (χ1n) is 4.11. The molecule has 0 aliphatic rings. The fraction of sp³-hybridized carbons (Fsp3) is 0.250. The SMILES string of the molecule is O=[N+]([O-])c1ccc(CC(Cl)S(=O)(=O)F)cc1. The van der Waals surface area contributed by atoms with Crippen molar-refractivity contribution in [3.63, 3.8) is 0 Å². The topological polar surface area (TPSA) is 77.3 Å². The van der Waals surface area contributed by atoms with Gasteiger partial charge in [0.15, 0.2) is 4.71 Å². The molecule has 0 aliphatic heterocycles. The highest BCUT2D eigenvalue weighted by Crippen LogP contribution is 2.18. The van der Waals surface area contributed by atoms with Crippen LogP contribution in [0.15, 0.2) is 24.3 Å². The lowest BCUT2D eigenvalue weighted by atomic mass is 10.1. The number of benzene rings is 1. The molecule has 1 rings (SSSR count). The second-order valence-corrected chi connectivity index (χ2v) is 5.32. The molecule has 1 unspecified atom stereocenters. The summed E-state index contributed by atoms with van der Waals surface area (Å²) in [6, 6.07) is 5.06. The van der Waals surface area contributed by atoms with Gasteiger partial charge in [0.1, 0.15) is 0 Å². The van der Waals surface area contributed by atoms with E-state index < -0.39 is 19.9 Å². The molecule has 5 nitrogen and oxygen atoms in total. The van der Waals surface area contributed by atoms with Gasteiger partial charge in [-0.1, -0.05) is 12.1 Å². The normalized spacial score (nSPS) is 13.4. The molecule has 1 aromatic rings. The number of halogens is 2. The average Bonchev–Trinajstić information content (AvgIpc) is 2.17. The Kier molecular flexibility index (Phi) is 3.82. The van der Waals surface area contributed by atoms with Crippen molar-refractivity contribution in [3.05, 3.63) is 39.9 Å². The van der Waals surface area contributed by atoms with Crippen molar-refractivity contribution in [1.82, 2.24) is 0 Å². The van der Waals surface area contributed by atoms with E-state index in [1.807, 2.05) is 0 Å². The Hall–Kier alpha value is -1.21. The van der Waals surface area contributed by atoms with E-state index in [1.54, 1.807) is 0 Å². The van der Waals surface area contributed by atoms with E-state index in [9.17, 15) is 22.4 Å². The largest absolute Gasteiger partial charge is 0.319 e. The summed E-state index contributed by atoms with van der Waals surface area (Å²) in [6.07, 6.45) is -0.238. The highest BCUT2D eigenvalue weighted by atomic mass is 35.5. The first-order chi connectivity index (χ1) is 7.30. The molecule has 0 heterocycles. The number of non-ortho nitro benzene ring substituents is 1. The van der Waals surface area contributed by atoms with Crippen LogP contribution in [-0.2, 0) is 16.6 Å². The standard InChI is InChI=1S/C8H7ClFNO4S/c9-8(16(10,14)15)5-6-1-3-7(4-2-6)11(12)13/h1-4,8H,5H2.